The van der Waals surface area contributed by atoms with Crippen molar-refractivity contribution >= 4 is 0 Å². The number of hydrogen-bond acceptors (Lipinski definition) is 5. The highest BCUT2D eigenvalue weighted by Crippen LogP contribution is 2.40. The maximum atomic E-state index is 5.73. The van der Waals surface area contributed by atoms with Crippen LogP contribution in [0.25, 0.3) is 11.5 Å². The molecule has 1 heterocycles. The van der Waals surface area contributed by atoms with E-state index in [4.69, 9.17) is 9.26 Å². The van der Waals surface area contributed by atoms with Gasteiger partial charge < -0.3 is 14.2 Å². The van der Waals surface area contributed by atoms with Gasteiger partial charge in [0, 0.05) is 19.2 Å². The Balaban J connectivity index is 1.81. The molecule has 0 radical (unpaired) electrons. The van der Waals surface area contributed by atoms with Crippen LogP contribution in [0.2, 0.25) is 0 Å². The van der Waals surface area contributed by atoms with Crippen LogP contribution in [-0.2, 0) is 16.8 Å². The largest absolute Gasteiger partial charge is 0.370 e. The summed E-state index contributed by atoms with van der Waals surface area (Å²) in [5.41, 5.74) is 1.90. The first kappa shape index (κ1) is 16.1. The van der Waals surface area contributed by atoms with Crippen LogP contribution in [-0.4, -0.2) is 42.8 Å². The van der Waals surface area contributed by atoms with E-state index in [2.05, 4.69) is 41.3 Å². The van der Waals surface area contributed by atoms with E-state index in [-0.39, 0.29) is 5.60 Å². The van der Waals surface area contributed by atoms with E-state index in [0.29, 0.717) is 11.7 Å². The molecule has 5 nitrogen and oxygen atoms in total. The Bertz CT molecular complexity index is 645. The van der Waals surface area contributed by atoms with Crippen molar-refractivity contribution in [1.82, 2.24) is 15.0 Å². The zero-order chi connectivity index (χ0) is 16.3. The predicted molar refractivity (Wildman–Crippen MR) is 89.1 cm³/mol. The molecule has 1 aliphatic rings. The van der Waals surface area contributed by atoms with Crippen molar-refractivity contribution in [2.24, 2.45) is 0 Å². The fourth-order valence-electron chi connectivity index (χ4n) is 3.20. The quantitative estimate of drug-likeness (QED) is 0.819. The number of hydrogen-bond donors (Lipinski definition) is 0. The lowest BCUT2D eigenvalue weighted by molar-refractivity contribution is -0.0178. The number of nitrogens with zero attached hydrogens (tertiary/aromatic N) is 3. The lowest BCUT2D eigenvalue weighted by Gasteiger charge is -2.22. The molecule has 0 N–H and O–H groups in total. The van der Waals surface area contributed by atoms with Gasteiger partial charge in [-0.1, -0.05) is 17.3 Å². The smallest absolute Gasteiger partial charge is 0.258 e. The second-order valence-corrected chi connectivity index (χ2v) is 6.58. The van der Waals surface area contributed by atoms with Crippen LogP contribution in [0.1, 0.15) is 37.1 Å². The van der Waals surface area contributed by atoms with Gasteiger partial charge in [0.05, 0.1) is 0 Å². The molecular formula is C18H25N3O2. The van der Waals surface area contributed by atoms with Crippen LogP contribution in [0.15, 0.2) is 28.8 Å². The normalized spacial score (nSPS) is 17.0. The first-order chi connectivity index (χ1) is 11.1. The fourth-order valence-corrected chi connectivity index (χ4v) is 3.20. The first-order valence-electron chi connectivity index (χ1n) is 8.26. The highest BCUT2D eigenvalue weighted by Gasteiger charge is 2.40. The number of benzene rings is 1. The molecule has 0 spiro atoms. The van der Waals surface area contributed by atoms with Gasteiger partial charge in [-0.05, 0) is 63.9 Å². The summed E-state index contributed by atoms with van der Waals surface area (Å²) in [5, 5.41) is 4.20. The van der Waals surface area contributed by atoms with Gasteiger partial charge in [-0.25, -0.2) is 0 Å². The Labute approximate surface area is 137 Å². The molecule has 1 aromatic heterocycles. The summed E-state index contributed by atoms with van der Waals surface area (Å²) < 4.78 is 11.3. The summed E-state index contributed by atoms with van der Waals surface area (Å²) in [6.07, 6.45) is 5.23. The monoisotopic (exact) mass is 315 g/mol. The van der Waals surface area contributed by atoms with E-state index in [1.807, 2.05) is 12.1 Å². The van der Waals surface area contributed by atoms with E-state index in [9.17, 15) is 0 Å². The van der Waals surface area contributed by atoms with Crippen LogP contribution in [0.5, 0.6) is 0 Å². The van der Waals surface area contributed by atoms with Gasteiger partial charge in [-0.15, -0.1) is 0 Å². The lowest BCUT2D eigenvalue weighted by Crippen LogP contribution is -2.25. The van der Waals surface area contributed by atoms with Gasteiger partial charge in [-0.3, -0.25) is 0 Å². The maximum Gasteiger partial charge on any atom is 0.258 e. The van der Waals surface area contributed by atoms with Gasteiger partial charge >= 0.3 is 0 Å². The molecule has 23 heavy (non-hydrogen) atoms. The fraction of sp³-hybridized carbons (Fsp3) is 0.556. The number of likely N-dealkylation sites (N-methyl/N-ethyl adjacent to an activating group) is 1. The SMILES string of the molecule is COC1(c2noc(-c3cccc(CCN(C)C)c3)n2)CCCC1. The number of rotatable bonds is 6. The molecular weight excluding hydrogens is 290 g/mol. The van der Waals surface area contributed by atoms with Gasteiger partial charge in [0.15, 0.2) is 0 Å². The molecule has 0 amide bonds. The standard InChI is InChI=1S/C18H25N3O2/c1-21(2)12-9-14-7-6-8-15(13-14)16-19-17(20-23-16)18(22-3)10-4-5-11-18/h6-8,13H,4-5,9-12H2,1-3H3. The average Bonchev–Trinajstić information content (AvgIpc) is 3.23. The molecule has 0 bridgehead atoms. The van der Waals surface area contributed by atoms with Crippen LogP contribution >= 0.6 is 0 Å². The zero-order valence-corrected chi connectivity index (χ0v) is 14.2. The van der Waals surface area contributed by atoms with Crippen molar-refractivity contribution in [1.29, 1.82) is 0 Å². The van der Waals surface area contributed by atoms with Gasteiger partial charge in [-0.2, -0.15) is 4.98 Å². The molecule has 1 aromatic carbocycles. The first-order valence-corrected chi connectivity index (χ1v) is 8.26. The van der Waals surface area contributed by atoms with Crippen LogP contribution in [0.3, 0.4) is 0 Å². The highest BCUT2D eigenvalue weighted by atomic mass is 16.5. The Morgan fingerprint density at radius 2 is 2.04 bits per heavy atom. The molecule has 0 unspecified atom stereocenters. The van der Waals surface area contributed by atoms with E-state index >= 15 is 0 Å². The van der Waals surface area contributed by atoms with E-state index in [1.165, 1.54) is 5.56 Å². The number of aromatic nitrogens is 2. The van der Waals surface area contributed by atoms with Crippen molar-refractivity contribution in [2.75, 3.05) is 27.7 Å². The van der Waals surface area contributed by atoms with E-state index in [1.54, 1.807) is 7.11 Å². The molecule has 124 valence electrons. The van der Waals surface area contributed by atoms with E-state index < -0.39 is 0 Å². The Kier molecular flexibility index (Phi) is 4.78. The minimum absolute atomic E-state index is 0.357. The topological polar surface area (TPSA) is 51.4 Å². The van der Waals surface area contributed by atoms with Crippen molar-refractivity contribution < 1.29 is 9.26 Å². The second-order valence-electron chi connectivity index (χ2n) is 6.58. The maximum absolute atomic E-state index is 5.73. The molecule has 1 saturated carbocycles. The summed E-state index contributed by atoms with van der Waals surface area (Å²) >= 11 is 0. The van der Waals surface area contributed by atoms with Crippen molar-refractivity contribution in [3.8, 4) is 11.5 Å². The van der Waals surface area contributed by atoms with Crippen molar-refractivity contribution in [2.45, 2.75) is 37.7 Å². The lowest BCUT2D eigenvalue weighted by atomic mass is 10.0. The molecule has 0 atom stereocenters. The Morgan fingerprint density at radius 3 is 2.74 bits per heavy atom. The average molecular weight is 315 g/mol. The predicted octanol–water partition coefficient (Wildman–Crippen LogP) is 3.26. The molecule has 0 aliphatic heterocycles. The third kappa shape index (κ3) is 3.46. The zero-order valence-electron chi connectivity index (χ0n) is 14.2. The summed E-state index contributed by atoms with van der Waals surface area (Å²) in [6.45, 7) is 1.02. The van der Waals surface area contributed by atoms with Crippen molar-refractivity contribution in [3.63, 3.8) is 0 Å². The van der Waals surface area contributed by atoms with Gasteiger partial charge in [0.2, 0.25) is 5.82 Å². The molecule has 2 aromatic rings. The summed E-state index contributed by atoms with van der Waals surface area (Å²) in [5.74, 6) is 1.27. The Hall–Kier alpha value is -1.72. The van der Waals surface area contributed by atoms with Crippen LogP contribution < -0.4 is 0 Å². The van der Waals surface area contributed by atoms with Crippen molar-refractivity contribution in [3.05, 3.63) is 35.7 Å². The number of ether oxygens (including phenoxy) is 1. The minimum atomic E-state index is -0.357. The summed E-state index contributed by atoms with van der Waals surface area (Å²) in [7, 11) is 5.91. The summed E-state index contributed by atoms with van der Waals surface area (Å²) in [4.78, 5) is 6.81. The number of methoxy groups -OCH3 is 1. The van der Waals surface area contributed by atoms with Crippen LogP contribution in [0.4, 0.5) is 0 Å². The molecule has 3 rings (SSSR count). The third-order valence-corrected chi connectivity index (χ3v) is 4.66. The molecule has 5 heteroatoms. The molecule has 0 saturated heterocycles. The second kappa shape index (κ2) is 6.81. The molecule has 1 fully saturated rings. The van der Waals surface area contributed by atoms with Gasteiger partial charge in [0.25, 0.3) is 5.89 Å². The minimum Gasteiger partial charge on any atom is -0.370 e. The molecule has 1 aliphatic carbocycles. The highest BCUT2D eigenvalue weighted by molar-refractivity contribution is 5.54. The Morgan fingerprint density at radius 1 is 1.26 bits per heavy atom. The third-order valence-electron chi connectivity index (χ3n) is 4.66. The van der Waals surface area contributed by atoms with Crippen LogP contribution in [0, 0.1) is 0 Å². The van der Waals surface area contributed by atoms with Gasteiger partial charge in [0.1, 0.15) is 5.60 Å². The summed E-state index contributed by atoms with van der Waals surface area (Å²) in [6, 6.07) is 8.34. The van der Waals surface area contributed by atoms with E-state index in [0.717, 1.165) is 44.2 Å².